The van der Waals surface area contributed by atoms with Gasteiger partial charge in [-0.2, -0.15) is 0 Å². The van der Waals surface area contributed by atoms with Gasteiger partial charge in [-0.05, 0) is 50.1 Å². The van der Waals surface area contributed by atoms with Crippen LogP contribution >= 0.6 is 0 Å². The number of carbonyl (C=O) groups is 1. The Morgan fingerprint density at radius 1 is 1.06 bits per heavy atom. The summed E-state index contributed by atoms with van der Waals surface area (Å²) in [5.74, 6) is 3.05. The van der Waals surface area contributed by atoms with Crippen LogP contribution in [0.5, 0.6) is 23.1 Å². The molecular weight excluding hydrogens is 432 g/mol. The van der Waals surface area contributed by atoms with E-state index < -0.39 is 0 Å². The SMILES string of the molecule is COc1ccc(OC)c(CNC(=O)[C@@H]2CCCN(c3nccnc3Oc3ccc(C)cc3)C2)c1. The van der Waals surface area contributed by atoms with Gasteiger partial charge in [0.25, 0.3) is 5.88 Å². The van der Waals surface area contributed by atoms with Crippen molar-refractivity contribution in [1.82, 2.24) is 15.3 Å². The molecule has 1 aliphatic heterocycles. The smallest absolute Gasteiger partial charge is 0.263 e. The highest BCUT2D eigenvalue weighted by Crippen LogP contribution is 2.31. The first-order valence-electron chi connectivity index (χ1n) is 11.4. The maximum absolute atomic E-state index is 13.0. The Balaban J connectivity index is 1.43. The number of rotatable bonds is 8. The van der Waals surface area contributed by atoms with Gasteiger partial charge in [0, 0.05) is 37.6 Å². The highest BCUT2D eigenvalue weighted by atomic mass is 16.5. The molecule has 8 heteroatoms. The van der Waals surface area contributed by atoms with Crippen LogP contribution in [0.1, 0.15) is 24.0 Å². The van der Waals surface area contributed by atoms with Crippen molar-refractivity contribution in [1.29, 1.82) is 0 Å². The lowest BCUT2D eigenvalue weighted by Gasteiger charge is -2.33. The van der Waals surface area contributed by atoms with Crippen molar-refractivity contribution in [3.63, 3.8) is 0 Å². The first-order valence-corrected chi connectivity index (χ1v) is 11.4. The van der Waals surface area contributed by atoms with Crippen LogP contribution < -0.4 is 24.4 Å². The summed E-state index contributed by atoms with van der Waals surface area (Å²) in [6, 6.07) is 13.3. The van der Waals surface area contributed by atoms with E-state index in [0.29, 0.717) is 36.3 Å². The van der Waals surface area contributed by atoms with Crippen LogP contribution in [0, 0.1) is 12.8 Å². The molecule has 8 nitrogen and oxygen atoms in total. The van der Waals surface area contributed by atoms with Crippen molar-refractivity contribution in [3.8, 4) is 23.1 Å². The Bertz CT molecular complexity index is 1120. The van der Waals surface area contributed by atoms with E-state index in [1.807, 2.05) is 49.4 Å². The van der Waals surface area contributed by atoms with Gasteiger partial charge < -0.3 is 24.4 Å². The fourth-order valence-electron chi connectivity index (χ4n) is 4.06. The molecular formula is C26H30N4O4. The third-order valence-corrected chi connectivity index (χ3v) is 5.91. The number of nitrogens with one attached hydrogen (secondary N) is 1. The molecule has 1 fully saturated rings. The number of anilines is 1. The van der Waals surface area contributed by atoms with E-state index >= 15 is 0 Å². The highest BCUT2D eigenvalue weighted by Gasteiger charge is 2.28. The molecule has 1 amide bonds. The Morgan fingerprint density at radius 3 is 2.59 bits per heavy atom. The highest BCUT2D eigenvalue weighted by molar-refractivity contribution is 5.79. The number of ether oxygens (including phenoxy) is 3. The van der Waals surface area contributed by atoms with Gasteiger partial charge in [-0.1, -0.05) is 17.7 Å². The van der Waals surface area contributed by atoms with Gasteiger partial charge in [-0.3, -0.25) is 4.79 Å². The first-order chi connectivity index (χ1) is 16.6. The molecule has 3 aromatic rings. The lowest BCUT2D eigenvalue weighted by Crippen LogP contribution is -2.43. The monoisotopic (exact) mass is 462 g/mol. The van der Waals surface area contributed by atoms with Crippen LogP contribution in [0.4, 0.5) is 5.82 Å². The predicted molar refractivity (Wildman–Crippen MR) is 130 cm³/mol. The van der Waals surface area contributed by atoms with E-state index in [2.05, 4.69) is 20.2 Å². The number of hydrogen-bond donors (Lipinski definition) is 1. The zero-order chi connectivity index (χ0) is 23.9. The van der Waals surface area contributed by atoms with Gasteiger partial charge >= 0.3 is 0 Å². The van der Waals surface area contributed by atoms with Crippen molar-refractivity contribution in [2.75, 3.05) is 32.2 Å². The van der Waals surface area contributed by atoms with Crippen molar-refractivity contribution in [3.05, 3.63) is 66.0 Å². The average molecular weight is 463 g/mol. The second-order valence-electron chi connectivity index (χ2n) is 8.28. The molecule has 0 saturated carbocycles. The number of benzene rings is 2. The molecule has 34 heavy (non-hydrogen) atoms. The van der Waals surface area contributed by atoms with Crippen LogP contribution in [-0.2, 0) is 11.3 Å². The summed E-state index contributed by atoms with van der Waals surface area (Å²) in [6.45, 7) is 3.73. The zero-order valence-electron chi connectivity index (χ0n) is 19.8. The number of hydrogen-bond acceptors (Lipinski definition) is 7. The van der Waals surface area contributed by atoms with E-state index in [9.17, 15) is 4.79 Å². The number of piperidine rings is 1. The molecule has 1 saturated heterocycles. The first kappa shape index (κ1) is 23.4. The number of aromatic nitrogens is 2. The largest absolute Gasteiger partial charge is 0.497 e. The third kappa shape index (κ3) is 5.57. The summed E-state index contributed by atoms with van der Waals surface area (Å²) in [6.07, 6.45) is 4.95. The average Bonchev–Trinajstić information content (AvgIpc) is 2.88. The molecule has 0 bridgehead atoms. The van der Waals surface area contributed by atoms with Gasteiger partial charge in [-0.25, -0.2) is 9.97 Å². The van der Waals surface area contributed by atoms with Gasteiger partial charge in [0.15, 0.2) is 5.82 Å². The summed E-state index contributed by atoms with van der Waals surface area (Å²) in [5.41, 5.74) is 2.02. The van der Waals surface area contributed by atoms with Gasteiger partial charge in [0.05, 0.1) is 20.1 Å². The minimum atomic E-state index is -0.167. The molecule has 1 aromatic heterocycles. The summed E-state index contributed by atoms with van der Waals surface area (Å²) in [4.78, 5) is 24.0. The van der Waals surface area contributed by atoms with Gasteiger partial charge in [0.2, 0.25) is 5.91 Å². The molecule has 0 spiro atoms. The molecule has 0 radical (unpaired) electrons. The summed E-state index contributed by atoms with van der Waals surface area (Å²) in [7, 11) is 3.23. The van der Waals surface area contributed by atoms with Crippen molar-refractivity contribution < 1.29 is 19.0 Å². The van der Waals surface area contributed by atoms with Crippen LogP contribution in [0.25, 0.3) is 0 Å². The number of amides is 1. The maximum Gasteiger partial charge on any atom is 0.263 e. The molecule has 1 N–H and O–H groups in total. The zero-order valence-corrected chi connectivity index (χ0v) is 19.8. The van der Waals surface area contributed by atoms with E-state index in [1.54, 1.807) is 26.6 Å². The number of aryl methyl sites for hydroxylation is 1. The van der Waals surface area contributed by atoms with Crippen LogP contribution in [0.3, 0.4) is 0 Å². The van der Waals surface area contributed by atoms with Crippen molar-refractivity contribution in [2.24, 2.45) is 5.92 Å². The second-order valence-corrected chi connectivity index (χ2v) is 8.28. The fraction of sp³-hybridized carbons (Fsp3) is 0.346. The van der Waals surface area contributed by atoms with Crippen LogP contribution in [0.15, 0.2) is 54.9 Å². The van der Waals surface area contributed by atoms with Crippen molar-refractivity contribution >= 4 is 11.7 Å². The normalized spacial score (nSPS) is 15.5. The molecule has 2 aromatic carbocycles. The number of carbonyl (C=O) groups excluding carboxylic acids is 1. The Morgan fingerprint density at radius 2 is 1.82 bits per heavy atom. The molecule has 0 unspecified atom stereocenters. The Labute approximate surface area is 199 Å². The lowest BCUT2D eigenvalue weighted by atomic mass is 9.97. The minimum Gasteiger partial charge on any atom is -0.497 e. The lowest BCUT2D eigenvalue weighted by molar-refractivity contribution is -0.125. The molecule has 1 atom stereocenters. The van der Waals surface area contributed by atoms with Crippen molar-refractivity contribution in [2.45, 2.75) is 26.3 Å². The molecule has 1 aliphatic rings. The maximum atomic E-state index is 13.0. The number of methoxy groups -OCH3 is 2. The van der Waals surface area contributed by atoms with E-state index in [1.165, 1.54) is 0 Å². The predicted octanol–water partition coefficient (Wildman–Crippen LogP) is 4.13. The molecule has 4 rings (SSSR count). The summed E-state index contributed by atoms with van der Waals surface area (Å²) >= 11 is 0. The molecule has 178 valence electrons. The van der Waals surface area contributed by atoms with E-state index in [0.717, 1.165) is 36.3 Å². The van der Waals surface area contributed by atoms with Crippen LogP contribution in [0.2, 0.25) is 0 Å². The quantitative estimate of drug-likeness (QED) is 0.539. The van der Waals surface area contributed by atoms with Gasteiger partial charge in [0.1, 0.15) is 17.2 Å². The van der Waals surface area contributed by atoms with E-state index in [-0.39, 0.29) is 11.8 Å². The Hall–Kier alpha value is -3.81. The summed E-state index contributed by atoms with van der Waals surface area (Å²) in [5, 5.41) is 3.06. The molecule has 2 heterocycles. The van der Waals surface area contributed by atoms with Gasteiger partial charge in [-0.15, -0.1) is 0 Å². The standard InChI is InChI=1S/C26H30N4O4/c1-18-6-8-21(9-7-18)34-26-24(27-12-13-28-26)30-14-4-5-19(17-30)25(31)29-16-20-15-22(32-2)10-11-23(20)33-3/h6-13,15,19H,4-5,14,16-17H2,1-3H3,(H,29,31)/t19-/m1/s1. The fourth-order valence-corrected chi connectivity index (χ4v) is 4.06. The minimum absolute atomic E-state index is 0.000494. The second kappa shape index (κ2) is 10.9. The number of nitrogens with zero attached hydrogens (tertiary/aromatic N) is 3. The van der Waals surface area contributed by atoms with Crippen LogP contribution in [-0.4, -0.2) is 43.2 Å². The van der Waals surface area contributed by atoms with E-state index in [4.69, 9.17) is 14.2 Å². The third-order valence-electron chi connectivity index (χ3n) is 5.91. The molecule has 0 aliphatic carbocycles. The topological polar surface area (TPSA) is 85.8 Å². The summed E-state index contributed by atoms with van der Waals surface area (Å²) < 4.78 is 16.7. The Kier molecular flexibility index (Phi) is 7.47.